The van der Waals surface area contributed by atoms with Gasteiger partial charge in [-0.05, 0) is 38.3 Å². The van der Waals surface area contributed by atoms with Crippen molar-refractivity contribution in [3.05, 3.63) is 28.5 Å². The second kappa shape index (κ2) is 5.72. The molecule has 1 saturated heterocycles. The van der Waals surface area contributed by atoms with E-state index < -0.39 is 14.6 Å². The zero-order valence-electron chi connectivity index (χ0n) is 13.2. The molecule has 0 spiro atoms. The van der Waals surface area contributed by atoms with Crippen LogP contribution in [0.15, 0.2) is 17.6 Å². The zero-order valence-corrected chi connectivity index (χ0v) is 14.8. The Morgan fingerprint density at radius 2 is 2.17 bits per heavy atom. The molecule has 0 N–H and O–H groups in total. The van der Waals surface area contributed by atoms with Crippen LogP contribution in [0.3, 0.4) is 0 Å². The van der Waals surface area contributed by atoms with E-state index in [9.17, 15) is 8.42 Å². The molecule has 2 heterocycles. The molecule has 0 aromatic carbocycles. The molecule has 1 aromatic heterocycles. The first kappa shape index (κ1) is 16.7. The lowest BCUT2D eigenvalue weighted by Crippen LogP contribution is -2.44. The lowest BCUT2D eigenvalue weighted by Gasteiger charge is -2.34. The molecule has 23 heavy (non-hydrogen) atoms. The lowest BCUT2D eigenvalue weighted by molar-refractivity contribution is 0.0985. The predicted molar refractivity (Wildman–Crippen MR) is 89.3 cm³/mol. The highest BCUT2D eigenvalue weighted by Gasteiger charge is 2.57. The Balaban J connectivity index is 2.04. The first-order chi connectivity index (χ1) is 10.8. The number of sulfone groups is 1. The Morgan fingerprint density at radius 1 is 1.48 bits per heavy atom. The summed E-state index contributed by atoms with van der Waals surface area (Å²) in [5.74, 6) is 0.652. The Kier molecular flexibility index (Phi) is 4.14. The molecule has 3 rings (SSSR count). The van der Waals surface area contributed by atoms with Crippen LogP contribution in [0.4, 0.5) is 5.82 Å². The maximum Gasteiger partial charge on any atom is 0.224 e. The molecule has 1 aliphatic carbocycles. The van der Waals surface area contributed by atoms with E-state index in [-0.39, 0.29) is 16.2 Å². The van der Waals surface area contributed by atoms with Crippen molar-refractivity contribution in [2.75, 3.05) is 24.7 Å². The van der Waals surface area contributed by atoms with Gasteiger partial charge < -0.3 is 9.64 Å². The van der Waals surface area contributed by atoms with Crippen LogP contribution in [0, 0.1) is 0 Å². The van der Waals surface area contributed by atoms with Crippen molar-refractivity contribution in [2.45, 2.75) is 37.5 Å². The van der Waals surface area contributed by atoms with E-state index in [1.165, 1.54) is 6.92 Å². The van der Waals surface area contributed by atoms with Gasteiger partial charge in [-0.15, -0.1) is 0 Å². The smallest absolute Gasteiger partial charge is 0.224 e. The van der Waals surface area contributed by atoms with Crippen LogP contribution in [-0.2, 0) is 19.3 Å². The third kappa shape index (κ3) is 2.75. The second-order valence-electron chi connectivity index (χ2n) is 6.20. The normalized spacial score (nSPS) is 23.6. The minimum atomic E-state index is -3.48. The monoisotopic (exact) mass is 357 g/mol. The van der Waals surface area contributed by atoms with E-state index in [1.54, 1.807) is 6.07 Å². The number of morpholine rings is 1. The van der Waals surface area contributed by atoms with Gasteiger partial charge in [-0.3, -0.25) is 0 Å². The van der Waals surface area contributed by atoms with Gasteiger partial charge in [0.15, 0.2) is 9.84 Å². The molecule has 2 aliphatic rings. The molecule has 1 saturated carbocycles. The maximum atomic E-state index is 12.6. The number of rotatable bonds is 4. The molecule has 1 atom stereocenters. The minimum absolute atomic E-state index is 0.0689. The van der Waals surface area contributed by atoms with Crippen molar-refractivity contribution in [1.82, 2.24) is 9.97 Å². The van der Waals surface area contributed by atoms with Crippen LogP contribution >= 0.6 is 11.6 Å². The fraction of sp³-hybridized carbons (Fsp3) is 0.600. The number of hydrogen-bond acceptors (Lipinski definition) is 6. The summed E-state index contributed by atoms with van der Waals surface area (Å²) in [4.78, 5) is 10.7. The van der Waals surface area contributed by atoms with Crippen molar-refractivity contribution in [2.24, 2.45) is 0 Å². The van der Waals surface area contributed by atoms with Crippen LogP contribution in [0.25, 0.3) is 0 Å². The Hall–Kier alpha value is -1.18. The summed E-state index contributed by atoms with van der Waals surface area (Å²) in [7, 11) is -3.48. The highest BCUT2D eigenvalue weighted by atomic mass is 35.5. The Morgan fingerprint density at radius 3 is 2.74 bits per heavy atom. The SMILES string of the molecule is C=C(C)S(=O)(=O)C1(c2cc(N3CCOC[C@@H]3C)nc(Cl)n2)CC1. The van der Waals surface area contributed by atoms with E-state index in [0.717, 1.165) is 0 Å². The molecule has 0 unspecified atom stereocenters. The van der Waals surface area contributed by atoms with Gasteiger partial charge in [-0.1, -0.05) is 6.58 Å². The van der Waals surface area contributed by atoms with Crippen molar-refractivity contribution < 1.29 is 13.2 Å². The standard InChI is InChI=1S/C15H20ClN3O3S/c1-10(2)23(20,21)15(4-5-15)12-8-13(18-14(16)17-12)19-6-7-22-9-11(19)3/h8,11H,1,4-7,9H2,2-3H3/t11-/m0/s1. The summed E-state index contributed by atoms with van der Waals surface area (Å²) in [5.41, 5.74) is 0.467. The van der Waals surface area contributed by atoms with E-state index in [4.69, 9.17) is 16.3 Å². The van der Waals surface area contributed by atoms with Gasteiger partial charge in [-0.2, -0.15) is 0 Å². The summed E-state index contributed by atoms with van der Waals surface area (Å²) >= 11 is 6.08. The Bertz CT molecular complexity index is 746. The molecular weight excluding hydrogens is 338 g/mol. The number of ether oxygens (including phenoxy) is 1. The van der Waals surface area contributed by atoms with E-state index in [1.807, 2.05) is 6.92 Å². The van der Waals surface area contributed by atoms with E-state index in [2.05, 4.69) is 21.4 Å². The summed E-state index contributed by atoms with van der Waals surface area (Å²) in [6, 6.07) is 1.90. The van der Waals surface area contributed by atoms with Crippen LogP contribution in [0.1, 0.15) is 32.4 Å². The molecular formula is C15H20ClN3O3S. The summed E-state index contributed by atoms with van der Waals surface area (Å²) in [5, 5.41) is 0.0689. The molecule has 1 aliphatic heterocycles. The van der Waals surface area contributed by atoms with Crippen molar-refractivity contribution >= 4 is 27.3 Å². The van der Waals surface area contributed by atoms with E-state index in [0.29, 0.717) is 44.1 Å². The van der Waals surface area contributed by atoms with Crippen LogP contribution in [-0.4, -0.2) is 44.2 Å². The third-order valence-corrected chi connectivity index (χ3v) is 7.22. The van der Waals surface area contributed by atoms with Crippen molar-refractivity contribution in [3.63, 3.8) is 0 Å². The number of anilines is 1. The number of nitrogens with zero attached hydrogens (tertiary/aromatic N) is 3. The van der Waals surface area contributed by atoms with Gasteiger partial charge in [0.25, 0.3) is 0 Å². The fourth-order valence-corrected chi connectivity index (χ4v) is 4.83. The van der Waals surface area contributed by atoms with Gasteiger partial charge >= 0.3 is 0 Å². The predicted octanol–water partition coefficient (Wildman–Crippen LogP) is 2.29. The van der Waals surface area contributed by atoms with Gasteiger partial charge in [0.1, 0.15) is 10.6 Å². The van der Waals surface area contributed by atoms with E-state index >= 15 is 0 Å². The molecule has 2 fully saturated rings. The highest BCUT2D eigenvalue weighted by Crippen LogP contribution is 2.54. The minimum Gasteiger partial charge on any atom is -0.377 e. The average Bonchev–Trinajstić information content (AvgIpc) is 3.29. The fourth-order valence-electron chi connectivity index (χ4n) is 2.96. The largest absolute Gasteiger partial charge is 0.377 e. The van der Waals surface area contributed by atoms with Crippen LogP contribution < -0.4 is 4.90 Å². The summed E-state index contributed by atoms with van der Waals surface area (Å²) in [6.07, 6.45) is 1.07. The van der Waals surface area contributed by atoms with Crippen molar-refractivity contribution in [3.8, 4) is 0 Å². The van der Waals surface area contributed by atoms with Crippen LogP contribution in [0.2, 0.25) is 5.28 Å². The first-order valence-corrected chi connectivity index (χ1v) is 9.44. The maximum absolute atomic E-state index is 12.6. The summed E-state index contributed by atoms with van der Waals surface area (Å²) in [6.45, 7) is 9.06. The van der Waals surface area contributed by atoms with Crippen LogP contribution in [0.5, 0.6) is 0 Å². The van der Waals surface area contributed by atoms with Crippen molar-refractivity contribution in [1.29, 1.82) is 0 Å². The molecule has 126 valence electrons. The lowest BCUT2D eigenvalue weighted by atomic mass is 10.2. The Labute approximate surface area is 141 Å². The molecule has 8 heteroatoms. The number of hydrogen-bond donors (Lipinski definition) is 0. The van der Waals surface area contributed by atoms with Gasteiger partial charge in [0.2, 0.25) is 5.28 Å². The summed E-state index contributed by atoms with van der Waals surface area (Å²) < 4.78 is 29.7. The topological polar surface area (TPSA) is 72.4 Å². The third-order valence-electron chi connectivity index (χ3n) is 4.49. The molecule has 6 nitrogen and oxygen atoms in total. The van der Waals surface area contributed by atoms with Gasteiger partial charge in [-0.25, -0.2) is 18.4 Å². The number of halogens is 1. The molecule has 1 aromatic rings. The quantitative estimate of drug-likeness (QED) is 0.770. The zero-order chi connectivity index (χ0) is 16.8. The van der Waals surface area contributed by atoms with Gasteiger partial charge in [0, 0.05) is 17.5 Å². The van der Waals surface area contributed by atoms with Gasteiger partial charge in [0.05, 0.1) is 24.9 Å². The average molecular weight is 358 g/mol. The second-order valence-corrected chi connectivity index (χ2v) is 9.02. The number of allylic oxidation sites excluding steroid dienone is 1. The highest BCUT2D eigenvalue weighted by molar-refractivity contribution is 7.96. The first-order valence-electron chi connectivity index (χ1n) is 7.57. The molecule has 0 radical (unpaired) electrons. The molecule has 0 amide bonds. The number of aromatic nitrogens is 2. The molecule has 0 bridgehead atoms.